The Hall–Kier alpha value is -3.46. The minimum absolute atomic E-state index is 0.0939. The van der Waals surface area contributed by atoms with Crippen molar-refractivity contribution in [1.82, 2.24) is 0 Å². The van der Waals surface area contributed by atoms with E-state index in [9.17, 15) is 0 Å². The van der Waals surface area contributed by atoms with Crippen LogP contribution in [0, 0.1) is 0 Å². The number of fused-ring (bicyclic) bond motifs is 5. The molecule has 144 valence electrons. The molecule has 0 bridgehead atoms. The Morgan fingerprint density at radius 2 is 1.41 bits per heavy atom. The van der Waals surface area contributed by atoms with Crippen molar-refractivity contribution in [2.45, 2.75) is 5.92 Å². The summed E-state index contributed by atoms with van der Waals surface area (Å²) in [5.74, 6) is 2.72. The van der Waals surface area contributed by atoms with Crippen molar-refractivity contribution >= 4 is 10.8 Å². The fourth-order valence-corrected chi connectivity index (χ4v) is 4.51. The Morgan fingerprint density at radius 3 is 2.14 bits per heavy atom. The Labute approximate surface area is 170 Å². The van der Waals surface area contributed by atoms with Gasteiger partial charge in [0.25, 0.3) is 0 Å². The van der Waals surface area contributed by atoms with Crippen LogP contribution in [0.15, 0.2) is 72.8 Å². The molecule has 1 unspecified atom stereocenters. The molecule has 3 heteroatoms. The predicted octanol–water partition coefficient (Wildman–Crippen LogP) is 6.03. The highest BCUT2D eigenvalue weighted by molar-refractivity contribution is 6.04. The van der Waals surface area contributed by atoms with Gasteiger partial charge < -0.3 is 14.2 Å². The standard InChI is InChI=1S/C26H22O3/c1-27-18-10-8-16(9-11-18)24-21-13-12-19(28-2)15-22(21)25-20-7-5-4-6-17(20)14-23(29-3)26(24)25/h4-15,24H,1-3H3. The molecule has 0 saturated carbocycles. The van der Waals surface area contributed by atoms with Crippen molar-refractivity contribution in [3.8, 4) is 28.4 Å². The third-order valence-corrected chi connectivity index (χ3v) is 5.85. The van der Waals surface area contributed by atoms with Gasteiger partial charge in [0.05, 0.1) is 21.3 Å². The Bertz CT molecular complexity index is 1210. The maximum Gasteiger partial charge on any atom is 0.124 e. The summed E-state index contributed by atoms with van der Waals surface area (Å²) in [6, 6.07) is 25.3. The van der Waals surface area contributed by atoms with Crippen LogP contribution in [0.3, 0.4) is 0 Å². The zero-order valence-electron chi connectivity index (χ0n) is 16.7. The van der Waals surface area contributed by atoms with Gasteiger partial charge in [-0.05, 0) is 63.4 Å². The van der Waals surface area contributed by atoms with E-state index in [0.717, 1.165) is 17.2 Å². The SMILES string of the molecule is COc1ccc(C2c3ccc(OC)cc3-c3c2c(OC)cc2ccccc32)cc1. The second-order valence-corrected chi connectivity index (χ2v) is 7.25. The van der Waals surface area contributed by atoms with Gasteiger partial charge in [-0.15, -0.1) is 0 Å². The number of rotatable bonds is 4. The van der Waals surface area contributed by atoms with Gasteiger partial charge in [0.1, 0.15) is 17.2 Å². The summed E-state index contributed by atoms with van der Waals surface area (Å²) in [5.41, 5.74) is 6.12. The zero-order valence-corrected chi connectivity index (χ0v) is 16.7. The van der Waals surface area contributed by atoms with Gasteiger partial charge >= 0.3 is 0 Å². The fraction of sp³-hybridized carbons (Fsp3) is 0.154. The van der Waals surface area contributed by atoms with Gasteiger partial charge in [0.2, 0.25) is 0 Å². The Kier molecular flexibility index (Phi) is 4.17. The average Bonchev–Trinajstić information content (AvgIpc) is 3.13. The summed E-state index contributed by atoms with van der Waals surface area (Å²) in [6.45, 7) is 0. The summed E-state index contributed by atoms with van der Waals surface area (Å²) in [5, 5.41) is 2.40. The first-order valence-electron chi connectivity index (χ1n) is 9.67. The molecule has 1 aliphatic rings. The number of ether oxygens (including phenoxy) is 3. The third-order valence-electron chi connectivity index (χ3n) is 5.85. The maximum absolute atomic E-state index is 5.89. The summed E-state index contributed by atoms with van der Waals surface area (Å²) < 4.78 is 16.8. The van der Waals surface area contributed by atoms with Gasteiger partial charge in [-0.25, -0.2) is 0 Å². The molecule has 3 nitrogen and oxygen atoms in total. The zero-order chi connectivity index (χ0) is 20.0. The smallest absolute Gasteiger partial charge is 0.124 e. The van der Waals surface area contributed by atoms with E-state index in [1.807, 2.05) is 18.2 Å². The molecule has 5 rings (SSSR count). The van der Waals surface area contributed by atoms with Crippen LogP contribution in [0.25, 0.3) is 21.9 Å². The molecule has 29 heavy (non-hydrogen) atoms. The number of hydrogen-bond acceptors (Lipinski definition) is 3. The van der Waals surface area contributed by atoms with Gasteiger partial charge in [-0.1, -0.05) is 42.5 Å². The molecule has 1 aliphatic carbocycles. The van der Waals surface area contributed by atoms with Crippen LogP contribution in [0.4, 0.5) is 0 Å². The lowest BCUT2D eigenvalue weighted by molar-refractivity contribution is 0.410. The van der Waals surface area contributed by atoms with E-state index in [0.29, 0.717) is 0 Å². The summed E-state index contributed by atoms with van der Waals surface area (Å²) in [6.07, 6.45) is 0. The maximum atomic E-state index is 5.89. The van der Waals surface area contributed by atoms with Crippen LogP contribution < -0.4 is 14.2 Å². The average molecular weight is 382 g/mol. The normalized spacial score (nSPS) is 14.4. The summed E-state index contributed by atoms with van der Waals surface area (Å²) in [7, 11) is 5.15. The van der Waals surface area contributed by atoms with Gasteiger partial charge in [-0.3, -0.25) is 0 Å². The van der Waals surface area contributed by atoms with E-state index in [2.05, 4.69) is 54.6 Å². The highest BCUT2D eigenvalue weighted by Crippen LogP contribution is 2.55. The molecular weight excluding hydrogens is 360 g/mol. The highest BCUT2D eigenvalue weighted by Gasteiger charge is 2.34. The molecule has 0 heterocycles. The van der Waals surface area contributed by atoms with Crippen molar-refractivity contribution in [3.05, 3.63) is 89.5 Å². The first-order chi connectivity index (χ1) is 14.2. The lowest BCUT2D eigenvalue weighted by Gasteiger charge is -2.18. The molecule has 4 aromatic carbocycles. The molecular formula is C26H22O3. The van der Waals surface area contributed by atoms with E-state index in [4.69, 9.17) is 14.2 Å². The molecule has 0 saturated heterocycles. The van der Waals surface area contributed by atoms with E-state index < -0.39 is 0 Å². The van der Waals surface area contributed by atoms with E-state index in [1.165, 1.54) is 38.6 Å². The Morgan fingerprint density at radius 1 is 0.690 bits per heavy atom. The molecule has 0 aromatic heterocycles. The van der Waals surface area contributed by atoms with E-state index in [1.54, 1.807) is 21.3 Å². The van der Waals surface area contributed by atoms with E-state index >= 15 is 0 Å². The molecule has 0 amide bonds. The molecule has 4 aromatic rings. The lowest BCUT2D eigenvalue weighted by atomic mass is 9.88. The minimum Gasteiger partial charge on any atom is -0.497 e. The lowest BCUT2D eigenvalue weighted by Crippen LogP contribution is -2.02. The quantitative estimate of drug-likeness (QED) is 0.380. The second kappa shape index (κ2) is 6.85. The van der Waals surface area contributed by atoms with E-state index in [-0.39, 0.29) is 5.92 Å². The third kappa shape index (κ3) is 2.65. The monoisotopic (exact) mass is 382 g/mol. The minimum atomic E-state index is 0.0939. The highest BCUT2D eigenvalue weighted by atomic mass is 16.5. The van der Waals surface area contributed by atoms with Crippen molar-refractivity contribution in [3.63, 3.8) is 0 Å². The fourth-order valence-electron chi connectivity index (χ4n) is 4.51. The Balaban J connectivity index is 1.86. The summed E-state index contributed by atoms with van der Waals surface area (Å²) >= 11 is 0. The predicted molar refractivity (Wildman–Crippen MR) is 116 cm³/mol. The second-order valence-electron chi connectivity index (χ2n) is 7.25. The molecule has 1 atom stereocenters. The van der Waals surface area contributed by atoms with Crippen molar-refractivity contribution in [1.29, 1.82) is 0 Å². The van der Waals surface area contributed by atoms with Gasteiger partial charge in [0.15, 0.2) is 0 Å². The first-order valence-corrected chi connectivity index (χ1v) is 9.67. The van der Waals surface area contributed by atoms with Crippen LogP contribution in [0.5, 0.6) is 17.2 Å². The largest absolute Gasteiger partial charge is 0.497 e. The molecule has 0 radical (unpaired) electrons. The molecule has 0 N–H and O–H groups in total. The van der Waals surface area contributed by atoms with Gasteiger partial charge in [-0.2, -0.15) is 0 Å². The molecule has 0 aliphatic heterocycles. The van der Waals surface area contributed by atoms with Gasteiger partial charge in [0, 0.05) is 11.5 Å². The van der Waals surface area contributed by atoms with Crippen molar-refractivity contribution in [2.24, 2.45) is 0 Å². The van der Waals surface area contributed by atoms with Crippen LogP contribution in [0.2, 0.25) is 0 Å². The van der Waals surface area contributed by atoms with Crippen molar-refractivity contribution < 1.29 is 14.2 Å². The molecule has 0 fully saturated rings. The summed E-state index contributed by atoms with van der Waals surface area (Å²) in [4.78, 5) is 0. The molecule has 0 spiro atoms. The van der Waals surface area contributed by atoms with Crippen LogP contribution >= 0.6 is 0 Å². The number of hydrogen-bond donors (Lipinski definition) is 0. The van der Waals surface area contributed by atoms with Crippen LogP contribution in [-0.2, 0) is 0 Å². The number of benzene rings is 4. The van der Waals surface area contributed by atoms with Crippen LogP contribution in [0.1, 0.15) is 22.6 Å². The number of methoxy groups -OCH3 is 3. The topological polar surface area (TPSA) is 27.7 Å². The first kappa shape index (κ1) is 17.6. The van der Waals surface area contributed by atoms with Crippen LogP contribution in [-0.4, -0.2) is 21.3 Å². The van der Waals surface area contributed by atoms with Crippen molar-refractivity contribution in [2.75, 3.05) is 21.3 Å².